The lowest BCUT2D eigenvalue weighted by Crippen LogP contribution is -2.23. The molecule has 33 heavy (non-hydrogen) atoms. The van der Waals surface area contributed by atoms with Crippen molar-refractivity contribution in [1.82, 2.24) is 9.55 Å². The van der Waals surface area contributed by atoms with E-state index in [0.717, 1.165) is 28.9 Å². The van der Waals surface area contributed by atoms with Crippen LogP contribution in [0.1, 0.15) is 37.3 Å². The normalized spacial score (nSPS) is 12.0. The lowest BCUT2D eigenvalue weighted by atomic mass is 9.97. The maximum absolute atomic E-state index is 13.4. The van der Waals surface area contributed by atoms with Gasteiger partial charge in [-0.1, -0.05) is 74.1 Å². The second-order valence-corrected chi connectivity index (χ2v) is 9.01. The molecular weight excluding hydrogens is 430 g/mol. The SMILES string of the molecule is CCC(C)c1ccccc1NC(=O)CSc1nc2ccccc2c(=O)n1-c1ccccc1C. The Hall–Kier alpha value is -3.38. The molecule has 0 aliphatic heterocycles. The molecule has 1 amide bonds. The molecule has 0 spiro atoms. The van der Waals surface area contributed by atoms with E-state index in [1.807, 2.05) is 67.6 Å². The van der Waals surface area contributed by atoms with Crippen molar-refractivity contribution in [1.29, 1.82) is 0 Å². The van der Waals surface area contributed by atoms with Gasteiger partial charge in [-0.25, -0.2) is 4.98 Å². The second-order valence-electron chi connectivity index (χ2n) is 8.07. The molecule has 6 heteroatoms. The molecule has 0 aliphatic carbocycles. The van der Waals surface area contributed by atoms with E-state index in [1.54, 1.807) is 10.6 Å². The van der Waals surface area contributed by atoms with Crippen molar-refractivity contribution in [2.75, 3.05) is 11.1 Å². The summed E-state index contributed by atoms with van der Waals surface area (Å²) in [5.41, 5.74) is 4.17. The van der Waals surface area contributed by atoms with Crippen LogP contribution in [-0.2, 0) is 4.79 Å². The molecule has 1 N–H and O–H groups in total. The average molecular weight is 458 g/mol. The average Bonchev–Trinajstić information content (AvgIpc) is 2.83. The van der Waals surface area contributed by atoms with Crippen LogP contribution in [0.4, 0.5) is 5.69 Å². The molecule has 3 aromatic carbocycles. The Labute approximate surface area is 197 Å². The topological polar surface area (TPSA) is 64.0 Å². The Morgan fingerprint density at radius 1 is 1.03 bits per heavy atom. The molecule has 0 saturated carbocycles. The van der Waals surface area contributed by atoms with Crippen molar-refractivity contribution < 1.29 is 4.79 Å². The maximum Gasteiger partial charge on any atom is 0.266 e. The third-order valence-corrected chi connectivity index (χ3v) is 6.75. The van der Waals surface area contributed by atoms with E-state index in [4.69, 9.17) is 4.98 Å². The molecular formula is C27H27N3O2S. The molecule has 1 unspecified atom stereocenters. The molecule has 1 atom stereocenters. The van der Waals surface area contributed by atoms with E-state index >= 15 is 0 Å². The number of aryl methyl sites for hydroxylation is 1. The summed E-state index contributed by atoms with van der Waals surface area (Å²) in [6.07, 6.45) is 0.991. The van der Waals surface area contributed by atoms with Crippen LogP contribution < -0.4 is 10.9 Å². The first-order chi connectivity index (χ1) is 16.0. The summed E-state index contributed by atoms with van der Waals surface area (Å²) >= 11 is 1.27. The number of carbonyl (C=O) groups excluding carboxylic acids is 1. The number of para-hydroxylation sites is 3. The van der Waals surface area contributed by atoms with Crippen LogP contribution in [0.5, 0.6) is 0 Å². The van der Waals surface area contributed by atoms with Gasteiger partial charge in [-0.2, -0.15) is 0 Å². The highest BCUT2D eigenvalue weighted by Crippen LogP contribution is 2.27. The first-order valence-electron chi connectivity index (χ1n) is 11.1. The highest BCUT2D eigenvalue weighted by molar-refractivity contribution is 7.99. The van der Waals surface area contributed by atoms with Gasteiger partial charge in [0.15, 0.2) is 5.16 Å². The largest absolute Gasteiger partial charge is 0.325 e. The van der Waals surface area contributed by atoms with E-state index in [9.17, 15) is 9.59 Å². The molecule has 4 aromatic rings. The number of hydrogen-bond acceptors (Lipinski definition) is 4. The number of fused-ring (bicyclic) bond motifs is 1. The van der Waals surface area contributed by atoms with Crippen LogP contribution in [0.25, 0.3) is 16.6 Å². The van der Waals surface area contributed by atoms with Crippen molar-refractivity contribution in [2.24, 2.45) is 0 Å². The number of aromatic nitrogens is 2. The highest BCUT2D eigenvalue weighted by atomic mass is 32.2. The number of amides is 1. The van der Waals surface area contributed by atoms with Crippen molar-refractivity contribution >= 4 is 34.3 Å². The van der Waals surface area contributed by atoms with Gasteiger partial charge in [0, 0.05) is 5.69 Å². The number of hydrogen-bond donors (Lipinski definition) is 1. The number of rotatable bonds is 7. The third kappa shape index (κ3) is 4.86. The summed E-state index contributed by atoms with van der Waals surface area (Å²) in [6.45, 7) is 6.25. The number of carbonyl (C=O) groups is 1. The minimum Gasteiger partial charge on any atom is -0.325 e. The summed E-state index contributed by atoms with van der Waals surface area (Å²) in [4.78, 5) is 31.0. The number of nitrogens with one attached hydrogen (secondary N) is 1. The lowest BCUT2D eigenvalue weighted by Gasteiger charge is -2.16. The standard InChI is InChI=1S/C27H27N3O2S/c1-4-18(2)20-12-6-8-14-22(20)28-25(31)17-33-27-29-23-15-9-7-13-21(23)26(32)30(27)24-16-10-5-11-19(24)3/h5-16,18H,4,17H2,1-3H3,(H,28,31). The molecule has 5 nitrogen and oxygen atoms in total. The van der Waals surface area contributed by atoms with E-state index in [-0.39, 0.29) is 17.2 Å². The first-order valence-corrected chi connectivity index (χ1v) is 12.1. The van der Waals surface area contributed by atoms with E-state index in [0.29, 0.717) is 22.0 Å². The van der Waals surface area contributed by atoms with Gasteiger partial charge < -0.3 is 5.32 Å². The third-order valence-electron chi connectivity index (χ3n) is 5.81. The summed E-state index contributed by atoms with van der Waals surface area (Å²) in [5, 5.41) is 4.09. The quantitative estimate of drug-likeness (QED) is 0.276. The van der Waals surface area contributed by atoms with Crippen molar-refractivity contribution in [3.8, 4) is 5.69 Å². The zero-order valence-corrected chi connectivity index (χ0v) is 19.9. The van der Waals surface area contributed by atoms with E-state index in [1.165, 1.54) is 11.8 Å². The summed E-state index contributed by atoms with van der Waals surface area (Å²) in [7, 11) is 0. The molecule has 4 rings (SSSR count). The zero-order valence-electron chi connectivity index (χ0n) is 19.0. The monoisotopic (exact) mass is 457 g/mol. The zero-order chi connectivity index (χ0) is 23.4. The Morgan fingerprint density at radius 2 is 1.73 bits per heavy atom. The summed E-state index contributed by atoms with van der Waals surface area (Å²) < 4.78 is 1.61. The van der Waals surface area contributed by atoms with Crippen LogP contribution in [-0.4, -0.2) is 21.2 Å². The maximum atomic E-state index is 13.4. The molecule has 0 radical (unpaired) electrons. The molecule has 168 valence electrons. The van der Waals surface area contributed by atoms with E-state index in [2.05, 4.69) is 25.2 Å². The Balaban J connectivity index is 1.66. The first kappa shape index (κ1) is 22.8. The summed E-state index contributed by atoms with van der Waals surface area (Å²) in [5.74, 6) is 0.364. The molecule has 1 heterocycles. The predicted molar refractivity (Wildman–Crippen MR) is 137 cm³/mol. The van der Waals surface area contributed by atoms with Crippen LogP contribution >= 0.6 is 11.8 Å². The fraction of sp³-hybridized carbons (Fsp3) is 0.222. The predicted octanol–water partition coefficient (Wildman–Crippen LogP) is 5.94. The van der Waals surface area contributed by atoms with Gasteiger partial charge in [0.1, 0.15) is 0 Å². The number of benzene rings is 3. The lowest BCUT2D eigenvalue weighted by molar-refractivity contribution is -0.113. The molecule has 0 aliphatic rings. The smallest absolute Gasteiger partial charge is 0.266 e. The Bertz CT molecular complexity index is 1360. The minimum absolute atomic E-state index is 0.130. The van der Waals surface area contributed by atoms with Crippen molar-refractivity contribution in [3.05, 3.63) is 94.3 Å². The van der Waals surface area contributed by atoms with Gasteiger partial charge >= 0.3 is 0 Å². The Morgan fingerprint density at radius 3 is 2.52 bits per heavy atom. The molecule has 0 saturated heterocycles. The van der Waals surface area contributed by atoms with Crippen molar-refractivity contribution in [3.63, 3.8) is 0 Å². The van der Waals surface area contributed by atoms with Crippen LogP contribution in [0, 0.1) is 6.92 Å². The van der Waals surface area contributed by atoms with Gasteiger partial charge in [-0.05, 0) is 54.7 Å². The second kappa shape index (κ2) is 10.0. The number of nitrogens with zero attached hydrogens (tertiary/aromatic N) is 2. The fourth-order valence-corrected chi connectivity index (χ4v) is 4.62. The van der Waals surface area contributed by atoms with Crippen molar-refractivity contribution in [2.45, 2.75) is 38.3 Å². The fourth-order valence-electron chi connectivity index (χ4n) is 3.81. The number of anilines is 1. The highest BCUT2D eigenvalue weighted by Gasteiger charge is 2.17. The van der Waals surface area contributed by atoms with Gasteiger partial charge in [-0.15, -0.1) is 0 Å². The van der Waals surface area contributed by atoms with E-state index < -0.39 is 0 Å². The summed E-state index contributed by atoms with van der Waals surface area (Å²) in [6, 6.07) is 22.9. The van der Waals surface area contributed by atoms with Gasteiger partial charge in [0.25, 0.3) is 5.56 Å². The van der Waals surface area contributed by atoms with Gasteiger partial charge in [0.2, 0.25) is 5.91 Å². The van der Waals surface area contributed by atoms with Crippen LogP contribution in [0.3, 0.4) is 0 Å². The van der Waals surface area contributed by atoms with Crippen LogP contribution in [0.15, 0.2) is 82.7 Å². The number of thioether (sulfide) groups is 1. The molecule has 0 bridgehead atoms. The van der Waals surface area contributed by atoms with Crippen LogP contribution in [0.2, 0.25) is 0 Å². The van der Waals surface area contributed by atoms with Gasteiger partial charge in [0.05, 0.1) is 22.3 Å². The molecule has 0 fully saturated rings. The van der Waals surface area contributed by atoms with Gasteiger partial charge in [-0.3, -0.25) is 14.2 Å². The Kier molecular flexibility index (Phi) is 6.94. The minimum atomic E-state index is -0.139. The molecule has 1 aromatic heterocycles.